The molecule has 1 aromatic heterocycles. The minimum Gasteiger partial charge on any atom is -0.492 e. The first-order valence-electron chi connectivity index (χ1n) is 10.3. The van der Waals surface area contributed by atoms with E-state index in [2.05, 4.69) is 18.8 Å². The molecule has 1 heterocycles. The third kappa shape index (κ3) is 6.39. The average molecular weight is 463 g/mol. The molecule has 3 aromatic rings. The molecule has 0 aliphatic heterocycles. The van der Waals surface area contributed by atoms with Gasteiger partial charge in [-0.15, -0.1) is 11.6 Å². The number of aromatic nitrogens is 2. The maximum absolute atomic E-state index is 10.1. The van der Waals surface area contributed by atoms with Gasteiger partial charge >= 0.3 is 0 Å². The molecule has 3 rings (SSSR count). The Morgan fingerprint density at radius 2 is 1.84 bits per heavy atom. The van der Waals surface area contributed by atoms with Crippen LogP contribution >= 0.6 is 23.2 Å². The first kappa shape index (κ1) is 23.5. The van der Waals surface area contributed by atoms with Gasteiger partial charge in [0, 0.05) is 23.7 Å². The van der Waals surface area contributed by atoms with Gasteiger partial charge in [0.1, 0.15) is 24.2 Å². The molecule has 0 aliphatic carbocycles. The summed E-state index contributed by atoms with van der Waals surface area (Å²) in [6.45, 7) is 5.50. The lowest BCUT2D eigenvalue weighted by Crippen LogP contribution is -2.23. The van der Waals surface area contributed by atoms with E-state index in [1.54, 1.807) is 12.5 Å². The molecule has 0 spiro atoms. The molecule has 5 nitrogen and oxygen atoms in total. The summed E-state index contributed by atoms with van der Waals surface area (Å²) >= 11 is 12.1. The molecule has 0 aliphatic rings. The first-order valence-corrected chi connectivity index (χ1v) is 11.2. The van der Waals surface area contributed by atoms with E-state index < -0.39 is 6.10 Å². The Labute approximate surface area is 193 Å². The number of rotatable bonds is 11. The Bertz CT molecular complexity index is 944. The Morgan fingerprint density at radius 1 is 1.10 bits per heavy atom. The van der Waals surface area contributed by atoms with Crippen LogP contribution in [0.2, 0.25) is 5.02 Å². The smallest absolute Gasteiger partial charge is 0.137 e. The monoisotopic (exact) mass is 462 g/mol. The Hall–Kier alpha value is -2.21. The molecule has 31 heavy (non-hydrogen) atoms. The normalized spacial score (nSPS) is 12.5. The van der Waals surface area contributed by atoms with E-state index in [1.807, 2.05) is 53.2 Å². The van der Waals surface area contributed by atoms with Crippen molar-refractivity contribution in [3.63, 3.8) is 0 Å². The van der Waals surface area contributed by atoms with Crippen LogP contribution < -0.4 is 9.47 Å². The molecule has 0 saturated heterocycles. The van der Waals surface area contributed by atoms with Gasteiger partial charge < -0.3 is 19.1 Å². The van der Waals surface area contributed by atoms with E-state index in [9.17, 15) is 5.11 Å². The second-order valence-corrected chi connectivity index (χ2v) is 8.70. The summed E-state index contributed by atoms with van der Waals surface area (Å²) < 4.78 is 13.2. The van der Waals surface area contributed by atoms with Crippen LogP contribution in [0.4, 0.5) is 0 Å². The standard InChI is InChI=1S/C24H28Cl2N2O3/c1-24(2,19-6-9-23(22(26)14-19)30-13-3-10-25)18-4-7-21(8-5-18)31-16-20(29)15-28-12-11-27-17-28/h4-9,11-12,14,17,20,29H,3,10,13,15-16H2,1-2H3. The lowest BCUT2D eigenvalue weighted by Gasteiger charge is -2.27. The minimum absolute atomic E-state index is 0.210. The van der Waals surface area contributed by atoms with Crippen molar-refractivity contribution in [2.45, 2.75) is 38.3 Å². The summed E-state index contributed by atoms with van der Waals surface area (Å²) in [4.78, 5) is 3.97. The number of nitrogens with zero attached hydrogens (tertiary/aromatic N) is 2. The maximum atomic E-state index is 10.1. The predicted octanol–water partition coefficient (Wildman–Crippen LogP) is 5.31. The summed E-state index contributed by atoms with van der Waals surface area (Å²) in [5, 5.41) is 10.7. The zero-order valence-corrected chi connectivity index (χ0v) is 19.3. The average Bonchev–Trinajstić information content (AvgIpc) is 3.26. The summed E-state index contributed by atoms with van der Waals surface area (Å²) in [5.41, 5.74) is 1.97. The Kier molecular flexibility index (Phi) is 8.24. The van der Waals surface area contributed by atoms with Gasteiger partial charge in [0.15, 0.2) is 0 Å². The van der Waals surface area contributed by atoms with Gasteiger partial charge in [-0.3, -0.25) is 0 Å². The number of halogens is 2. The van der Waals surface area contributed by atoms with E-state index in [4.69, 9.17) is 32.7 Å². The van der Waals surface area contributed by atoms with Crippen LogP contribution in [0.25, 0.3) is 0 Å². The summed E-state index contributed by atoms with van der Waals surface area (Å²) in [6.07, 6.45) is 5.33. The van der Waals surface area contributed by atoms with Gasteiger partial charge in [-0.05, 0) is 41.8 Å². The summed E-state index contributed by atoms with van der Waals surface area (Å²) in [7, 11) is 0. The highest BCUT2D eigenvalue weighted by molar-refractivity contribution is 6.32. The largest absolute Gasteiger partial charge is 0.492 e. The Balaban J connectivity index is 1.61. The number of ether oxygens (including phenoxy) is 2. The summed E-state index contributed by atoms with van der Waals surface area (Å²) in [6, 6.07) is 13.8. The lowest BCUT2D eigenvalue weighted by atomic mass is 9.78. The molecule has 0 amide bonds. The molecule has 1 N–H and O–H groups in total. The van der Waals surface area contributed by atoms with E-state index in [0.29, 0.717) is 35.6 Å². The number of aliphatic hydroxyl groups is 1. The number of alkyl halides is 1. The van der Waals surface area contributed by atoms with Crippen LogP contribution in [0.3, 0.4) is 0 Å². The van der Waals surface area contributed by atoms with Crippen LogP contribution in [0.1, 0.15) is 31.4 Å². The third-order valence-electron chi connectivity index (χ3n) is 5.19. The van der Waals surface area contributed by atoms with Crippen molar-refractivity contribution in [2.75, 3.05) is 19.1 Å². The fourth-order valence-electron chi connectivity index (χ4n) is 3.26. The lowest BCUT2D eigenvalue weighted by molar-refractivity contribution is 0.0924. The van der Waals surface area contributed by atoms with E-state index in [-0.39, 0.29) is 12.0 Å². The highest BCUT2D eigenvalue weighted by Crippen LogP contribution is 2.36. The molecule has 0 bridgehead atoms. The second kappa shape index (κ2) is 10.9. The van der Waals surface area contributed by atoms with Crippen molar-refractivity contribution in [1.29, 1.82) is 0 Å². The van der Waals surface area contributed by atoms with Crippen molar-refractivity contribution < 1.29 is 14.6 Å². The molecular weight excluding hydrogens is 435 g/mol. The first-order chi connectivity index (χ1) is 14.9. The quantitative estimate of drug-likeness (QED) is 0.309. The second-order valence-electron chi connectivity index (χ2n) is 7.91. The molecule has 2 aromatic carbocycles. The number of imidazole rings is 1. The highest BCUT2D eigenvalue weighted by Gasteiger charge is 2.24. The fraction of sp³-hybridized carbons (Fsp3) is 0.375. The van der Waals surface area contributed by atoms with E-state index in [1.165, 1.54) is 0 Å². The van der Waals surface area contributed by atoms with Gasteiger partial charge in [-0.1, -0.05) is 43.6 Å². The maximum Gasteiger partial charge on any atom is 0.137 e. The molecule has 0 saturated carbocycles. The van der Waals surface area contributed by atoms with Crippen molar-refractivity contribution in [2.24, 2.45) is 0 Å². The zero-order chi connectivity index (χ0) is 22.3. The zero-order valence-electron chi connectivity index (χ0n) is 17.8. The Morgan fingerprint density at radius 3 is 2.48 bits per heavy atom. The van der Waals surface area contributed by atoms with Gasteiger partial charge in [0.25, 0.3) is 0 Å². The van der Waals surface area contributed by atoms with E-state index in [0.717, 1.165) is 17.5 Å². The third-order valence-corrected chi connectivity index (χ3v) is 5.75. The van der Waals surface area contributed by atoms with Crippen molar-refractivity contribution in [3.05, 3.63) is 77.3 Å². The fourth-order valence-corrected chi connectivity index (χ4v) is 3.61. The van der Waals surface area contributed by atoms with Crippen LogP contribution in [0, 0.1) is 0 Å². The summed E-state index contributed by atoms with van der Waals surface area (Å²) in [5.74, 6) is 1.95. The van der Waals surface area contributed by atoms with Gasteiger partial charge in [0.05, 0.1) is 24.5 Å². The molecule has 1 unspecified atom stereocenters. The van der Waals surface area contributed by atoms with Crippen LogP contribution in [0.15, 0.2) is 61.2 Å². The van der Waals surface area contributed by atoms with E-state index >= 15 is 0 Å². The molecule has 7 heteroatoms. The highest BCUT2D eigenvalue weighted by atomic mass is 35.5. The van der Waals surface area contributed by atoms with Crippen molar-refractivity contribution in [3.8, 4) is 11.5 Å². The predicted molar refractivity (Wildman–Crippen MR) is 125 cm³/mol. The van der Waals surface area contributed by atoms with Crippen LogP contribution in [0.5, 0.6) is 11.5 Å². The molecule has 1 atom stereocenters. The van der Waals surface area contributed by atoms with Crippen LogP contribution in [-0.4, -0.2) is 39.9 Å². The van der Waals surface area contributed by atoms with Crippen LogP contribution in [-0.2, 0) is 12.0 Å². The topological polar surface area (TPSA) is 56.5 Å². The number of hydrogen-bond donors (Lipinski definition) is 1. The van der Waals surface area contributed by atoms with Gasteiger partial charge in [-0.25, -0.2) is 4.98 Å². The molecule has 0 fully saturated rings. The minimum atomic E-state index is -0.613. The van der Waals surface area contributed by atoms with Crippen molar-refractivity contribution in [1.82, 2.24) is 9.55 Å². The van der Waals surface area contributed by atoms with Gasteiger partial charge in [-0.2, -0.15) is 0 Å². The SMILES string of the molecule is CC(C)(c1ccc(OCC(O)Cn2ccnc2)cc1)c1ccc(OCCCCl)c(Cl)c1. The molecule has 166 valence electrons. The number of aliphatic hydroxyl groups excluding tert-OH is 1. The number of hydrogen-bond acceptors (Lipinski definition) is 4. The number of benzene rings is 2. The molecule has 0 radical (unpaired) electrons. The van der Waals surface area contributed by atoms with Gasteiger partial charge in [0.2, 0.25) is 0 Å². The molecular formula is C24H28Cl2N2O3. The van der Waals surface area contributed by atoms with Crippen molar-refractivity contribution >= 4 is 23.2 Å².